The third kappa shape index (κ3) is 60.6. The van der Waals surface area contributed by atoms with Crippen LogP contribution < -0.4 is 10.2 Å². The Morgan fingerprint density at radius 3 is 1.19 bits per heavy atom. The van der Waals surface area contributed by atoms with Gasteiger partial charge in [-0.1, -0.05) is 251 Å². The van der Waals surface area contributed by atoms with Crippen LogP contribution in [-0.4, -0.2) is 69.4 Å². The number of amides is 1. The number of hydrogen-bond donors (Lipinski definition) is 1. The molecule has 1 N–H and O–H groups in total. The minimum Gasteiger partial charge on any atom is -0.756 e. The first-order chi connectivity index (χ1) is 39.4. The van der Waals surface area contributed by atoms with Crippen LogP contribution in [0.3, 0.4) is 0 Å². The number of hydrogen-bond acceptors (Lipinski definition) is 7. The van der Waals surface area contributed by atoms with E-state index in [0.29, 0.717) is 23.9 Å². The lowest BCUT2D eigenvalue weighted by Crippen LogP contribution is -2.47. The minimum absolute atomic E-state index is 0.0359. The third-order valence-electron chi connectivity index (χ3n) is 13.6. The van der Waals surface area contributed by atoms with Crippen LogP contribution in [0.4, 0.5) is 0 Å². The quantitative estimate of drug-likeness (QED) is 0.0212. The number of unbranched alkanes of at least 4 members (excludes halogenated alkanes) is 21. The predicted molar refractivity (Wildman–Crippen MR) is 348 cm³/mol. The van der Waals surface area contributed by atoms with Crippen molar-refractivity contribution in [3.05, 3.63) is 134 Å². The molecular formula is C71H121N2O7P. The molecule has 0 aromatic rings. The number of phosphoric acid groups is 1. The van der Waals surface area contributed by atoms with Gasteiger partial charge in [0.25, 0.3) is 7.82 Å². The van der Waals surface area contributed by atoms with Crippen LogP contribution in [0.25, 0.3) is 0 Å². The first-order valence-corrected chi connectivity index (χ1v) is 34.0. The van der Waals surface area contributed by atoms with Crippen LogP contribution in [0.5, 0.6) is 0 Å². The van der Waals surface area contributed by atoms with Crippen molar-refractivity contribution in [2.24, 2.45) is 0 Å². The van der Waals surface area contributed by atoms with Gasteiger partial charge in [-0.05, 0) is 122 Å². The van der Waals surface area contributed by atoms with Crippen LogP contribution in [0, 0.1) is 0 Å². The molecule has 0 aliphatic carbocycles. The van der Waals surface area contributed by atoms with Gasteiger partial charge in [0.15, 0.2) is 0 Å². The SMILES string of the molecule is CC/C=C\C/C=C\C/C=C\C/C=C\C/C=C\CCCCCCCCCC(=O)OC(/C=C/CCCCCCCCCCC)C(COP(=O)([O-])OCC[N+](C)(C)C)NC(=O)CCCCCCC/C=C\C/C=C\C/C=C\C/C=C\C/C=C\CC. The number of nitrogens with zero attached hydrogens (tertiary/aromatic N) is 1. The molecule has 0 spiro atoms. The average molecular weight is 1150 g/mol. The van der Waals surface area contributed by atoms with Crippen molar-refractivity contribution in [1.82, 2.24) is 5.32 Å². The number of nitrogens with one attached hydrogen (secondary N) is 1. The van der Waals surface area contributed by atoms with Gasteiger partial charge in [-0.25, -0.2) is 0 Å². The van der Waals surface area contributed by atoms with Gasteiger partial charge in [-0.15, -0.1) is 0 Å². The highest BCUT2D eigenvalue weighted by Gasteiger charge is 2.27. The van der Waals surface area contributed by atoms with E-state index in [0.717, 1.165) is 141 Å². The third-order valence-corrected chi connectivity index (χ3v) is 14.5. The lowest BCUT2D eigenvalue weighted by molar-refractivity contribution is -0.870. The molecule has 10 heteroatoms. The fourth-order valence-electron chi connectivity index (χ4n) is 8.63. The number of allylic oxidation sites excluding steroid dienone is 21. The van der Waals surface area contributed by atoms with E-state index in [9.17, 15) is 19.0 Å². The fourth-order valence-corrected chi connectivity index (χ4v) is 9.36. The number of carbonyl (C=O) groups is 2. The maximum absolute atomic E-state index is 13.6. The topological polar surface area (TPSA) is 114 Å². The predicted octanol–water partition coefficient (Wildman–Crippen LogP) is 19.8. The second-order valence-electron chi connectivity index (χ2n) is 22.5. The smallest absolute Gasteiger partial charge is 0.306 e. The van der Waals surface area contributed by atoms with E-state index in [4.69, 9.17) is 13.8 Å². The molecule has 0 aliphatic heterocycles. The molecule has 3 atom stereocenters. The molecule has 0 radical (unpaired) electrons. The molecule has 0 saturated carbocycles. The molecule has 462 valence electrons. The molecule has 81 heavy (non-hydrogen) atoms. The summed E-state index contributed by atoms with van der Waals surface area (Å²) in [6.07, 6.45) is 84.2. The minimum atomic E-state index is -4.72. The van der Waals surface area contributed by atoms with E-state index < -0.39 is 26.6 Å². The maximum Gasteiger partial charge on any atom is 0.306 e. The summed E-state index contributed by atoms with van der Waals surface area (Å²) in [6.45, 7) is 6.57. The first kappa shape index (κ1) is 77.2. The van der Waals surface area contributed by atoms with Gasteiger partial charge < -0.3 is 28.5 Å². The standard InChI is InChI=1S/C71H121N2O7P/c1-7-10-13-16-19-22-25-27-29-31-33-35-36-38-40-42-44-46-49-52-55-58-61-64-71(75)80-69(62-59-56-53-50-47-24-21-18-15-12-9-3)68(67-79-81(76,77)78-66-65-73(4,5)6)72-70(74)63-60-57-54-51-48-45-43-41-39-37-34-32-30-28-26-23-20-17-14-11-8-2/h10-11,13-14,19-20,22-23,27-30,33-35,37-38,40-41,43,59,62,68-69H,7-9,12,15-18,21,24-26,31-32,36,39,42,44-58,60-61,63-67H2,1-6H3,(H-,72,74,76,77)/b13-10-,14-11-,22-19-,23-20-,29-27-,30-28-,35-33-,37-34-,40-38-,43-41-,62-59+. The molecular weight excluding hydrogens is 1020 g/mol. The zero-order chi connectivity index (χ0) is 59.3. The summed E-state index contributed by atoms with van der Waals surface area (Å²) in [7, 11) is 1.14. The number of carbonyl (C=O) groups excluding carboxylic acids is 2. The summed E-state index contributed by atoms with van der Waals surface area (Å²) in [5, 5.41) is 3.02. The van der Waals surface area contributed by atoms with Gasteiger partial charge in [0, 0.05) is 12.8 Å². The van der Waals surface area contributed by atoms with Crippen LogP contribution in [0.2, 0.25) is 0 Å². The number of quaternary nitrogens is 1. The zero-order valence-corrected chi connectivity index (χ0v) is 53.6. The molecule has 0 aromatic carbocycles. The lowest BCUT2D eigenvalue weighted by atomic mass is 10.1. The van der Waals surface area contributed by atoms with Crippen molar-refractivity contribution in [2.45, 2.75) is 264 Å². The fraction of sp³-hybridized carbons (Fsp3) is 0.662. The van der Waals surface area contributed by atoms with Gasteiger partial charge in [0.1, 0.15) is 19.3 Å². The molecule has 9 nitrogen and oxygen atoms in total. The van der Waals surface area contributed by atoms with Crippen molar-refractivity contribution in [3.63, 3.8) is 0 Å². The summed E-state index contributed by atoms with van der Waals surface area (Å²) in [4.78, 5) is 40.1. The number of ether oxygens (including phenoxy) is 1. The van der Waals surface area contributed by atoms with E-state index in [1.165, 1.54) is 64.2 Å². The number of likely N-dealkylation sites (N-methyl/N-ethyl adjacent to an activating group) is 1. The molecule has 0 bridgehead atoms. The summed E-state index contributed by atoms with van der Waals surface area (Å²) < 4.78 is 30.3. The van der Waals surface area contributed by atoms with Gasteiger partial charge >= 0.3 is 5.97 Å². The molecule has 0 aromatic heterocycles. The van der Waals surface area contributed by atoms with Crippen LogP contribution in [0.15, 0.2) is 134 Å². The Morgan fingerprint density at radius 2 is 0.790 bits per heavy atom. The van der Waals surface area contributed by atoms with Crippen molar-refractivity contribution in [3.8, 4) is 0 Å². The maximum atomic E-state index is 13.6. The molecule has 0 fully saturated rings. The van der Waals surface area contributed by atoms with E-state index >= 15 is 0 Å². The molecule has 3 unspecified atom stereocenters. The summed E-state index contributed by atoms with van der Waals surface area (Å²) in [6, 6.07) is -0.914. The lowest BCUT2D eigenvalue weighted by Gasteiger charge is -2.30. The van der Waals surface area contributed by atoms with Crippen molar-refractivity contribution < 1.29 is 37.3 Å². The molecule has 0 saturated heterocycles. The highest BCUT2D eigenvalue weighted by Crippen LogP contribution is 2.38. The van der Waals surface area contributed by atoms with E-state index in [-0.39, 0.29) is 31.3 Å². The number of rotatable bonds is 57. The number of esters is 1. The normalized spacial score (nSPS) is 14.5. The Morgan fingerprint density at radius 1 is 0.444 bits per heavy atom. The van der Waals surface area contributed by atoms with Crippen molar-refractivity contribution in [2.75, 3.05) is 40.9 Å². The number of phosphoric ester groups is 1. The zero-order valence-electron chi connectivity index (χ0n) is 52.7. The molecule has 0 rings (SSSR count). The largest absolute Gasteiger partial charge is 0.756 e. The van der Waals surface area contributed by atoms with Gasteiger partial charge in [0.2, 0.25) is 5.91 Å². The Kier molecular flexibility index (Phi) is 56.5. The van der Waals surface area contributed by atoms with E-state index in [1.807, 2.05) is 33.3 Å². The van der Waals surface area contributed by atoms with E-state index in [2.05, 4.69) is 148 Å². The van der Waals surface area contributed by atoms with Crippen LogP contribution in [-0.2, 0) is 27.9 Å². The highest BCUT2D eigenvalue weighted by molar-refractivity contribution is 7.45. The summed E-state index contributed by atoms with van der Waals surface area (Å²) in [5.74, 6) is -0.585. The average Bonchev–Trinajstić information content (AvgIpc) is 3.44. The van der Waals surface area contributed by atoms with Gasteiger partial charge in [-0.2, -0.15) is 0 Å². The Labute approximate surface area is 498 Å². The van der Waals surface area contributed by atoms with Crippen LogP contribution in [0.1, 0.15) is 252 Å². The van der Waals surface area contributed by atoms with Gasteiger partial charge in [-0.3, -0.25) is 14.2 Å². The van der Waals surface area contributed by atoms with Gasteiger partial charge in [0.05, 0.1) is 33.8 Å². The van der Waals surface area contributed by atoms with Crippen molar-refractivity contribution >= 4 is 19.7 Å². The van der Waals surface area contributed by atoms with E-state index in [1.54, 1.807) is 0 Å². The highest BCUT2D eigenvalue weighted by atomic mass is 31.2. The Hall–Kier alpha value is -3.85. The summed E-state index contributed by atoms with van der Waals surface area (Å²) in [5.41, 5.74) is 0. The first-order valence-electron chi connectivity index (χ1n) is 32.5. The van der Waals surface area contributed by atoms with Crippen LogP contribution >= 0.6 is 7.82 Å². The molecule has 1 amide bonds. The molecule has 0 aliphatic rings. The Bertz CT molecular complexity index is 1850. The monoisotopic (exact) mass is 1140 g/mol. The van der Waals surface area contributed by atoms with Crippen molar-refractivity contribution in [1.29, 1.82) is 0 Å². The second-order valence-corrected chi connectivity index (χ2v) is 23.9. The second kappa shape index (κ2) is 59.3. The summed E-state index contributed by atoms with van der Waals surface area (Å²) >= 11 is 0. The molecule has 0 heterocycles. The Balaban J connectivity index is 5.23.